The van der Waals surface area contributed by atoms with Crippen molar-refractivity contribution in [1.82, 2.24) is 4.90 Å². The Morgan fingerprint density at radius 2 is 1.59 bits per heavy atom. The Kier molecular flexibility index (Phi) is 4.34. The summed E-state index contributed by atoms with van der Waals surface area (Å²) in [5.41, 5.74) is 4.43. The van der Waals surface area contributed by atoms with E-state index in [0.717, 1.165) is 25.7 Å². The summed E-state index contributed by atoms with van der Waals surface area (Å²) in [6.07, 6.45) is 4.02. The van der Waals surface area contributed by atoms with Gasteiger partial charge in [-0.2, -0.15) is 0 Å². The molecule has 1 aliphatic heterocycles. The molecule has 5 nitrogen and oxygen atoms in total. The average Bonchev–Trinajstić information content (AvgIpc) is 3.44. The number of nitrogens with zero attached hydrogens (tertiary/aromatic N) is 1. The molecule has 0 radical (unpaired) electrons. The smallest absolute Gasteiger partial charge is 0.410 e. The lowest BCUT2D eigenvalue weighted by Gasteiger charge is -2.34. The fourth-order valence-corrected chi connectivity index (χ4v) is 5.66. The number of hydrogen-bond acceptors (Lipinski definition) is 3. The van der Waals surface area contributed by atoms with Crippen molar-refractivity contribution >= 4 is 12.1 Å². The summed E-state index contributed by atoms with van der Waals surface area (Å²) in [6, 6.07) is 16.5. The number of rotatable bonds is 3. The molecule has 1 heterocycles. The van der Waals surface area contributed by atoms with Crippen LogP contribution >= 0.6 is 0 Å². The van der Waals surface area contributed by atoms with Crippen molar-refractivity contribution in [3.05, 3.63) is 59.7 Å². The van der Waals surface area contributed by atoms with E-state index in [0.29, 0.717) is 6.42 Å². The van der Waals surface area contributed by atoms with Gasteiger partial charge in [0.2, 0.25) is 0 Å². The largest absolute Gasteiger partial charge is 0.481 e. The zero-order chi connectivity index (χ0) is 20.0. The third-order valence-electron chi connectivity index (χ3n) is 7.04. The van der Waals surface area contributed by atoms with Crippen molar-refractivity contribution in [3.8, 4) is 11.1 Å². The molecule has 2 aliphatic carbocycles. The molecule has 1 unspecified atom stereocenters. The fourth-order valence-electron chi connectivity index (χ4n) is 5.66. The first-order valence-electron chi connectivity index (χ1n) is 10.4. The molecule has 3 aliphatic rings. The van der Waals surface area contributed by atoms with E-state index in [1.807, 2.05) is 24.3 Å². The second kappa shape index (κ2) is 6.90. The first kappa shape index (κ1) is 18.2. The molecule has 5 rings (SSSR count). The van der Waals surface area contributed by atoms with Crippen LogP contribution in [0.1, 0.15) is 49.1 Å². The van der Waals surface area contributed by atoms with E-state index in [4.69, 9.17) is 4.74 Å². The summed E-state index contributed by atoms with van der Waals surface area (Å²) in [4.78, 5) is 26.4. The normalized spacial score (nSPS) is 21.9. The Balaban J connectivity index is 1.36. The van der Waals surface area contributed by atoms with E-state index in [1.165, 1.54) is 22.3 Å². The predicted octanol–water partition coefficient (Wildman–Crippen LogP) is 4.65. The highest BCUT2D eigenvalue weighted by molar-refractivity contribution is 5.79. The minimum absolute atomic E-state index is 0.0174. The number of benzene rings is 2. The van der Waals surface area contributed by atoms with Crippen molar-refractivity contribution in [2.24, 2.45) is 5.92 Å². The second-order valence-electron chi connectivity index (χ2n) is 8.59. The van der Waals surface area contributed by atoms with Gasteiger partial charge >= 0.3 is 12.1 Å². The molecule has 29 heavy (non-hydrogen) atoms. The van der Waals surface area contributed by atoms with Crippen LogP contribution < -0.4 is 0 Å². The lowest BCUT2D eigenvalue weighted by molar-refractivity contribution is -0.141. The van der Waals surface area contributed by atoms with Gasteiger partial charge in [0.05, 0.1) is 5.92 Å². The van der Waals surface area contributed by atoms with Crippen molar-refractivity contribution in [2.75, 3.05) is 13.2 Å². The summed E-state index contributed by atoms with van der Waals surface area (Å²) in [6.45, 7) is 0.531. The summed E-state index contributed by atoms with van der Waals surface area (Å²) in [5, 5.41) is 9.50. The van der Waals surface area contributed by atoms with Gasteiger partial charge < -0.3 is 14.7 Å². The molecule has 2 aromatic rings. The molecule has 1 atom stereocenters. The lowest BCUT2D eigenvalue weighted by atomic mass is 9.91. The van der Waals surface area contributed by atoms with E-state index >= 15 is 0 Å². The van der Waals surface area contributed by atoms with Crippen LogP contribution in [0.2, 0.25) is 0 Å². The van der Waals surface area contributed by atoms with Gasteiger partial charge in [0, 0.05) is 18.0 Å². The molecule has 0 bridgehead atoms. The lowest BCUT2D eigenvalue weighted by Crippen LogP contribution is -2.45. The Labute approximate surface area is 170 Å². The average molecular weight is 391 g/mol. The Morgan fingerprint density at radius 1 is 1.00 bits per heavy atom. The van der Waals surface area contributed by atoms with Crippen LogP contribution in [0.15, 0.2) is 48.5 Å². The zero-order valence-electron chi connectivity index (χ0n) is 16.3. The number of carboxylic acids is 1. The van der Waals surface area contributed by atoms with Crippen LogP contribution in [0.4, 0.5) is 4.79 Å². The number of likely N-dealkylation sites (tertiary alicyclic amines) is 1. The summed E-state index contributed by atoms with van der Waals surface area (Å²) in [7, 11) is 0. The van der Waals surface area contributed by atoms with E-state index in [2.05, 4.69) is 24.3 Å². The van der Waals surface area contributed by atoms with Crippen molar-refractivity contribution < 1.29 is 19.4 Å². The minimum Gasteiger partial charge on any atom is -0.481 e. The van der Waals surface area contributed by atoms with Gasteiger partial charge in [-0.05, 0) is 41.5 Å². The number of carboxylic acid groups (broad SMARTS) is 1. The summed E-state index contributed by atoms with van der Waals surface area (Å²) in [5.74, 6) is -1.29. The molecule has 1 spiro atoms. The highest BCUT2D eigenvalue weighted by atomic mass is 16.6. The quantitative estimate of drug-likeness (QED) is 0.827. The first-order valence-corrected chi connectivity index (χ1v) is 10.4. The first-order chi connectivity index (χ1) is 14.1. The van der Waals surface area contributed by atoms with E-state index in [1.54, 1.807) is 4.90 Å². The Bertz CT molecular complexity index is 917. The zero-order valence-corrected chi connectivity index (χ0v) is 16.3. The third kappa shape index (κ3) is 2.91. The molecule has 1 amide bonds. The number of carbonyl (C=O) groups excluding carboxylic acids is 1. The monoisotopic (exact) mass is 391 g/mol. The highest BCUT2D eigenvalue weighted by Gasteiger charge is 2.52. The van der Waals surface area contributed by atoms with E-state index in [-0.39, 0.29) is 30.7 Å². The van der Waals surface area contributed by atoms with Crippen LogP contribution in [-0.2, 0) is 9.53 Å². The fraction of sp³-hybridized carbons (Fsp3) is 0.417. The van der Waals surface area contributed by atoms with Crippen molar-refractivity contribution in [3.63, 3.8) is 0 Å². The van der Waals surface area contributed by atoms with Crippen LogP contribution in [0.25, 0.3) is 11.1 Å². The second-order valence-corrected chi connectivity index (χ2v) is 8.59. The Morgan fingerprint density at radius 3 is 2.17 bits per heavy atom. The van der Waals surface area contributed by atoms with E-state index in [9.17, 15) is 14.7 Å². The van der Waals surface area contributed by atoms with Crippen LogP contribution in [0.5, 0.6) is 0 Å². The molecule has 0 aromatic heterocycles. The maximum absolute atomic E-state index is 13.1. The van der Waals surface area contributed by atoms with Gasteiger partial charge in [0.15, 0.2) is 0 Å². The molecular formula is C24H25NO4. The number of amides is 1. The number of aliphatic carboxylic acids is 1. The molecule has 2 aromatic carbocycles. The number of fused-ring (bicyclic) bond motifs is 3. The molecule has 5 heteroatoms. The molecule has 2 fully saturated rings. The molecule has 1 N–H and O–H groups in total. The maximum Gasteiger partial charge on any atom is 0.410 e. The maximum atomic E-state index is 13.1. The predicted molar refractivity (Wildman–Crippen MR) is 109 cm³/mol. The SMILES string of the molecule is O=C(O)C1CN(C(=O)OCC2c3ccccc3-c3ccccc32)C2(CCCC2)C1. The molecular weight excluding hydrogens is 366 g/mol. The van der Waals surface area contributed by atoms with Gasteiger partial charge in [-0.25, -0.2) is 4.79 Å². The summed E-state index contributed by atoms with van der Waals surface area (Å²) >= 11 is 0. The van der Waals surface area contributed by atoms with Crippen molar-refractivity contribution in [1.29, 1.82) is 0 Å². The van der Waals surface area contributed by atoms with Gasteiger partial charge in [-0.1, -0.05) is 61.4 Å². The molecule has 1 saturated heterocycles. The number of carbonyl (C=O) groups is 2. The van der Waals surface area contributed by atoms with Gasteiger partial charge in [-0.3, -0.25) is 4.79 Å². The van der Waals surface area contributed by atoms with Crippen LogP contribution in [0, 0.1) is 5.92 Å². The number of hydrogen-bond donors (Lipinski definition) is 1. The third-order valence-corrected chi connectivity index (χ3v) is 7.04. The Hall–Kier alpha value is -2.82. The molecule has 150 valence electrons. The minimum atomic E-state index is -0.815. The van der Waals surface area contributed by atoms with Crippen LogP contribution in [-0.4, -0.2) is 40.8 Å². The van der Waals surface area contributed by atoms with Gasteiger partial charge in [-0.15, -0.1) is 0 Å². The molecule has 1 saturated carbocycles. The number of ether oxygens (including phenoxy) is 1. The van der Waals surface area contributed by atoms with E-state index < -0.39 is 11.9 Å². The highest BCUT2D eigenvalue weighted by Crippen LogP contribution is 2.47. The summed E-state index contributed by atoms with van der Waals surface area (Å²) < 4.78 is 5.83. The van der Waals surface area contributed by atoms with Gasteiger partial charge in [0.1, 0.15) is 6.61 Å². The van der Waals surface area contributed by atoms with Crippen LogP contribution in [0.3, 0.4) is 0 Å². The van der Waals surface area contributed by atoms with Gasteiger partial charge in [0.25, 0.3) is 0 Å². The topological polar surface area (TPSA) is 66.8 Å². The van der Waals surface area contributed by atoms with Crippen molar-refractivity contribution in [2.45, 2.75) is 43.6 Å². The standard InChI is InChI=1S/C24H25NO4/c26-22(27)16-13-24(11-5-6-12-24)25(14-16)23(28)29-15-21-19-9-3-1-7-17(19)18-8-2-4-10-20(18)21/h1-4,7-10,16,21H,5-6,11-15H2,(H,26,27).